The zero-order valence-electron chi connectivity index (χ0n) is 13.6. The lowest BCUT2D eigenvalue weighted by molar-refractivity contribution is -0.134. The van der Waals surface area contributed by atoms with Crippen molar-refractivity contribution in [3.05, 3.63) is 29.8 Å². The van der Waals surface area contributed by atoms with E-state index in [0.717, 1.165) is 37.2 Å². The van der Waals surface area contributed by atoms with Gasteiger partial charge in [0.2, 0.25) is 5.91 Å². The molecule has 3 atom stereocenters. The van der Waals surface area contributed by atoms with E-state index in [1.165, 1.54) is 0 Å². The van der Waals surface area contributed by atoms with Crippen molar-refractivity contribution in [3.8, 4) is 5.75 Å². The highest BCUT2D eigenvalue weighted by atomic mass is 35.5. The first-order valence-electron chi connectivity index (χ1n) is 7.71. The number of amides is 1. The molecule has 2 N–H and O–H groups in total. The molecule has 1 saturated heterocycles. The molecule has 1 aliphatic rings. The fourth-order valence-electron chi connectivity index (χ4n) is 2.97. The first-order chi connectivity index (χ1) is 10.0. The molecular weight excluding hydrogens is 300 g/mol. The van der Waals surface area contributed by atoms with E-state index in [1.807, 2.05) is 43.0 Å². The van der Waals surface area contributed by atoms with E-state index in [2.05, 4.69) is 0 Å². The number of piperidine rings is 1. The van der Waals surface area contributed by atoms with Gasteiger partial charge >= 0.3 is 0 Å². The summed E-state index contributed by atoms with van der Waals surface area (Å²) in [6, 6.07) is 7.90. The van der Waals surface area contributed by atoms with Crippen LogP contribution in [0, 0.1) is 5.92 Å². The summed E-state index contributed by atoms with van der Waals surface area (Å²) in [4.78, 5) is 14.7. The lowest BCUT2D eigenvalue weighted by atomic mass is 9.90. The van der Waals surface area contributed by atoms with Gasteiger partial charge in [-0.3, -0.25) is 4.79 Å². The molecule has 0 radical (unpaired) electrons. The predicted molar refractivity (Wildman–Crippen MR) is 91.6 cm³/mol. The fraction of sp³-hybridized carbons (Fsp3) is 0.588. The van der Waals surface area contributed by atoms with Crippen LogP contribution in [0.25, 0.3) is 0 Å². The number of hydrogen-bond donors (Lipinski definition) is 1. The number of benzene rings is 1. The highest BCUT2D eigenvalue weighted by Gasteiger charge is 2.29. The predicted octanol–water partition coefficient (Wildman–Crippen LogP) is 2.81. The number of nitrogens with zero attached hydrogens (tertiary/aromatic N) is 1. The van der Waals surface area contributed by atoms with Gasteiger partial charge in [-0.05, 0) is 50.3 Å². The molecule has 3 unspecified atom stereocenters. The van der Waals surface area contributed by atoms with Crippen molar-refractivity contribution in [2.24, 2.45) is 11.7 Å². The van der Waals surface area contributed by atoms with Crippen LogP contribution in [-0.4, -0.2) is 37.0 Å². The average Bonchev–Trinajstić information content (AvgIpc) is 2.53. The largest absolute Gasteiger partial charge is 0.497 e. The molecule has 0 bridgehead atoms. The summed E-state index contributed by atoms with van der Waals surface area (Å²) in [6.07, 6.45) is 2.16. The van der Waals surface area contributed by atoms with Crippen molar-refractivity contribution in [1.82, 2.24) is 4.90 Å². The van der Waals surface area contributed by atoms with Gasteiger partial charge in [-0.25, -0.2) is 0 Å². The molecule has 124 valence electrons. The molecule has 5 heteroatoms. The SMILES string of the molecule is COc1cccc(C(C)C(=O)N2CCCC(C(C)N)C2)c1.Cl. The zero-order chi connectivity index (χ0) is 15.4. The second kappa shape index (κ2) is 8.39. The Hall–Kier alpha value is -1.26. The first kappa shape index (κ1) is 18.8. The van der Waals surface area contributed by atoms with E-state index in [0.29, 0.717) is 5.92 Å². The van der Waals surface area contributed by atoms with Gasteiger partial charge < -0.3 is 15.4 Å². The third-order valence-electron chi connectivity index (χ3n) is 4.48. The van der Waals surface area contributed by atoms with E-state index in [-0.39, 0.29) is 30.3 Å². The minimum Gasteiger partial charge on any atom is -0.497 e. The highest BCUT2D eigenvalue weighted by Crippen LogP contribution is 2.26. The summed E-state index contributed by atoms with van der Waals surface area (Å²) in [5, 5.41) is 0. The van der Waals surface area contributed by atoms with E-state index in [1.54, 1.807) is 7.11 Å². The molecule has 4 nitrogen and oxygen atoms in total. The van der Waals surface area contributed by atoms with Gasteiger partial charge in [0.05, 0.1) is 13.0 Å². The maximum absolute atomic E-state index is 12.7. The van der Waals surface area contributed by atoms with Gasteiger partial charge in [0.25, 0.3) is 0 Å². The van der Waals surface area contributed by atoms with Gasteiger partial charge in [-0.2, -0.15) is 0 Å². The molecule has 22 heavy (non-hydrogen) atoms. The summed E-state index contributed by atoms with van der Waals surface area (Å²) in [7, 11) is 1.64. The van der Waals surface area contributed by atoms with Crippen molar-refractivity contribution in [3.63, 3.8) is 0 Å². The summed E-state index contributed by atoms with van der Waals surface area (Å²) in [6.45, 7) is 5.62. The van der Waals surface area contributed by atoms with Gasteiger partial charge in [0.15, 0.2) is 0 Å². The summed E-state index contributed by atoms with van der Waals surface area (Å²) in [5.74, 6) is 1.25. The van der Waals surface area contributed by atoms with Crippen molar-refractivity contribution in [2.45, 2.75) is 38.6 Å². The van der Waals surface area contributed by atoms with Crippen LogP contribution in [0.2, 0.25) is 0 Å². The second-order valence-electron chi connectivity index (χ2n) is 6.04. The van der Waals surface area contributed by atoms with Crippen LogP contribution in [-0.2, 0) is 4.79 Å². The number of hydrogen-bond acceptors (Lipinski definition) is 3. The Bertz CT molecular complexity index is 493. The zero-order valence-corrected chi connectivity index (χ0v) is 14.4. The Kier molecular flexibility index (Phi) is 7.17. The lowest BCUT2D eigenvalue weighted by Gasteiger charge is -2.36. The normalized spacial score (nSPS) is 20.7. The van der Waals surface area contributed by atoms with Crippen LogP contribution in [0.1, 0.15) is 38.2 Å². The summed E-state index contributed by atoms with van der Waals surface area (Å²) < 4.78 is 5.24. The molecule has 1 aromatic carbocycles. The molecule has 1 amide bonds. The number of methoxy groups -OCH3 is 1. The van der Waals surface area contributed by atoms with Crippen LogP contribution in [0.15, 0.2) is 24.3 Å². The van der Waals surface area contributed by atoms with Crippen molar-refractivity contribution >= 4 is 18.3 Å². The molecule has 1 aliphatic heterocycles. The minimum absolute atomic E-state index is 0. The molecule has 0 saturated carbocycles. The van der Waals surface area contributed by atoms with Crippen LogP contribution in [0.5, 0.6) is 5.75 Å². The Morgan fingerprint density at radius 2 is 2.14 bits per heavy atom. The van der Waals surface area contributed by atoms with Gasteiger partial charge in [-0.15, -0.1) is 12.4 Å². The van der Waals surface area contributed by atoms with Crippen molar-refractivity contribution < 1.29 is 9.53 Å². The maximum atomic E-state index is 12.7. The Morgan fingerprint density at radius 1 is 1.41 bits per heavy atom. The molecule has 0 spiro atoms. The van der Waals surface area contributed by atoms with Crippen LogP contribution in [0.3, 0.4) is 0 Å². The van der Waals surface area contributed by atoms with Crippen LogP contribution >= 0.6 is 12.4 Å². The third-order valence-corrected chi connectivity index (χ3v) is 4.48. The maximum Gasteiger partial charge on any atom is 0.229 e. The van der Waals surface area contributed by atoms with Crippen LogP contribution in [0.4, 0.5) is 0 Å². The van der Waals surface area contributed by atoms with E-state index < -0.39 is 0 Å². The third kappa shape index (κ3) is 4.37. The Morgan fingerprint density at radius 3 is 2.77 bits per heavy atom. The molecule has 0 aromatic heterocycles. The van der Waals surface area contributed by atoms with E-state index in [9.17, 15) is 4.79 Å². The summed E-state index contributed by atoms with van der Waals surface area (Å²) >= 11 is 0. The molecule has 1 aromatic rings. The summed E-state index contributed by atoms with van der Waals surface area (Å²) in [5.41, 5.74) is 7.00. The molecular formula is C17H27ClN2O2. The molecule has 1 heterocycles. The molecule has 1 fully saturated rings. The van der Waals surface area contributed by atoms with Crippen molar-refractivity contribution in [1.29, 1.82) is 0 Å². The number of carbonyl (C=O) groups is 1. The lowest BCUT2D eigenvalue weighted by Crippen LogP contribution is -2.46. The van der Waals surface area contributed by atoms with E-state index in [4.69, 9.17) is 10.5 Å². The Balaban J connectivity index is 0.00000242. The molecule has 0 aliphatic carbocycles. The van der Waals surface area contributed by atoms with Gasteiger partial charge in [0.1, 0.15) is 5.75 Å². The number of rotatable bonds is 4. The highest BCUT2D eigenvalue weighted by molar-refractivity contribution is 5.85. The fourth-order valence-corrected chi connectivity index (χ4v) is 2.97. The Labute approximate surface area is 139 Å². The number of halogens is 1. The average molecular weight is 327 g/mol. The van der Waals surface area contributed by atoms with Crippen molar-refractivity contribution in [2.75, 3.05) is 20.2 Å². The van der Waals surface area contributed by atoms with Gasteiger partial charge in [-0.1, -0.05) is 12.1 Å². The number of ether oxygens (including phenoxy) is 1. The van der Waals surface area contributed by atoms with Gasteiger partial charge in [0, 0.05) is 19.1 Å². The number of likely N-dealkylation sites (tertiary alicyclic amines) is 1. The molecule has 2 rings (SSSR count). The smallest absolute Gasteiger partial charge is 0.229 e. The number of carbonyl (C=O) groups excluding carboxylic acids is 1. The van der Waals surface area contributed by atoms with Crippen LogP contribution < -0.4 is 10.5 Å². The first-order valence-corrected chi connectivity index (χ1v) is 7.71. The standard InChI is InChI=1S/C17H26N2O2.ClH/c1-12(14-6-4-8-16(10-14)21-3)17(20)19-9-5-7-15(11-19)13(2)18;/h4,6,8,10,12-13,15H,5,7,9,11,18H2,1-3H3;1H. The number of nitrogens with two attached hydrogens (primary N) is 1. The topological polar surface area (TPSA) is 55.6 Å². The quantitative estimate of drug-likeness (QED) is 0.925. The monoisotopic (exact) mass is 326 g/mol. The minimum atomic E-state index is -0.146. The second-order valence-corrected chi connectivity index (χ2v) is 6.04. The van der Waals surface area contributed by atoms with E-state index >= 15 is 0 Å².